The van der Waals surface area contributed by atoms with Crippen molar-refractivity contribution in [3.63, 3.8) is 0 Å². The number of rotatable bonds is 10. The molecule has 37 heavy (non-hydrogen) atoms. The highest BCUT2D eigenvalue weighted by molar-refractivity contribution is 6.29. The second-order valence-corrected chi connectivity index (χ2v) is 9.67. The molecule has 0 bridgehead atoms. The van der Waals surface area contributed by atoms with Crippen molar-refractivity contribution in [2.24, 2.45) is 0 Å². The summed E-state index contributed by atoms with van der Waals surface area (Å²) in [7, 11) is 3.52. The number of urea groups is 1. The molecule has 1 fully saturated rings. The lowest BCUT2D eigenvalue weighted by molar-refractivity contribution is -0.122. The third-order valence-corrected chi connectivity index (χ3v) is 6.73. The zero-order chi connectivity index (χ0) is 26.8. The van der Waals surface area contributed by atoms with E-state index in [1.165, 1.54) is 12.2 Å². The van der Waals surface area contributed by atoms with Gasteiger partial charge in [0, 0.05) is 57.2 Å². The van der Waals surface area contributed by atoms with E-state index in [1.807, 2.05) is 25.2 Å². The lowest BCUT2D eigenvalue weighted by Gasteiger charge is -2.34. The quantitative estimate of drug-likeness (QED) is 0.384. The standard InChI is InChI=1S/C27H35ClFN3O5/c1-32(23-8-10-37-11-9-23)26-7-6-18(19(17-36-2)12-24(34)16-33)13-25(26)31-27(35)30-22-5-3-4-20(28)14-21(29)15-22/h3,5-7,13-15,19,22-23,33H,4,8-12,16-17H2,1-2H3,(H2,30,31,35). The van der Waals surface area contributed by atoms with Gasteiger partial charge in [-0.1, -0.05) is 29.8 Å². The van der Waals surface area contributed by atoms with E-state index in [0.717, 1.165) is 24.1 Å². The van der Waals surface area contributed by atoms with Crippen molar-refractivity contribution in [3.8, 4) is 0 Å². The Labute approximate surface area is 222 Å². The summed E-state index contributed by atoms with van der Waals surface area (Å²) in [5, 5.41) is 15.3. The summed E-state index contributed by atoms with van der Waals surface area (Å²) in [5.41, 5.74) is 2.14. The van der Waals surface area contributed by atoms with Crippen LogP contribution in [0.25, 0.3) is 0 Å². The fourth-order valence-corrected chi connectivity index (χ4v) is 4.70. The molecule has 1 heterocycles. The molecule has 3 N–H and O–H groups in total. The SMILES string of the molecule is COCC(CC(=O)CO)c1ccc(N(C)C2CCOCC2)c(NC(=O)NC2C=CCC(Cl)=CC(F)=C2)c1. The number of nitrogens with zero attached hydrogens (tertiary/aromatic N) is 1. The molecule has 2 amide bonds. The molecule has 8 nitrogen and oxygen atoms in total. The van der Waals surface area contributed by atoms with Gasteiger partial charge in [-0.25, -0.2) is 9.18 Å². The van der Waals surface area contributed by atoms with Gasteiger partial charge in [0.05, 0.1) is 24.0 Å². The molecule has 2 aliphatic rings. The molecule has 1 aliphatic heterocycles. The van der Waals surface area contributed by atoms with Crippen LogP contribution in [-0.2, 0) is 14.3 Å². The van der Waals surface area contributed by atoms with Crippen molar-refractivity contribution in [2.75, 3.05) is 50.8 Å². The molecule has 3 rings (SSSR count). The Morgan fingerprint density at radius 1 is 1.32 bits per heavy atom. The Balaban J connectivity index is 1.88. The maximum absolute atomic E-state index is 14.1. The normalized spacial score (nSPS) is 19.2. The number of hydrogen-bond acceptors (Lipinski definition) is 6. The lowest BCUT2D eigenvalue weighted by atomic mass is 9.93. The van der Waals surface area contributed by atoms with E-state index in [9.17, 15) is 19.1 Å². The number of amides is 2. The first kappa shape index (κ1) is 28.8. The predicted molar refractivity (Wildman–Crippen MR) is 143 cm³/mol. The summed E-state index contributed by atoms with van der Waals surface area (Å²) in [5.74, 6) is -1.12. The largest absolute Gasteiger partial charge is 0.389 e. The van der Waals surface area contributed by atoms with Gasteiger partial charge in [0.1, 0.15) is 12.4 Å². The molecule has 1 saturated heterocycles. The fraction of sp³-hybridized carbons (Fsp3) is 0.481. The number of benzene rings is 1. The van der Waals surface area contributed by atoms with Crippen molar-refractivity contribution >= 4 is 34.8 Å². The molecular weight excluding hydrogens is 501 g/mol. The van der Waals surface area contributed by atoms with Gasteiger partial charge in [0.25, 0.3) is 0 Å². The average Bonchev–Trinajstić information content (AvgIpc) is 2.87. The van der Waals surface area contributed by atoms with Crippen molar-refractivity contribution in [2.45, 2.75) is 43.7 Å². The number of Topliss-reactive ketones (excluding diaryl/α,β-unsaturated/α-hetero) is 1. The number of anilines is 2. The van der Waals surface area contributed by atoms with E-state index in [4.69, 9.17) is 21.1 Å². The second kappa shape index (κ2) is 14.3. The van der Waals surface area contributed by atoms with Gasteiger partial charge in [-0.2, -0.15) is 0 Å². The maximum Gasteiger partial charge on any atom is 0.320 e. The van der Waals surface area contributed by atoms with Gasteiger partial charge < -0.3 is 30.1 Å². The van der Waals surface area contributed by atoms with Gasteiger partial charge in [-0.3, -0.25) is 4.79 Å². The minimum absolute atomic E-state index is 0.109. The smallest absolute Gasteiger partial charge is 0.320 e. The number of ether oxygens (including phenoxy) is 2. The zero-order valence-corrected chi connectivity index (χ0v) is 22.0. The van der Waals surface area contributed by atoms with Crippen molar-refractivity contribution < 1.29 is 28.6 Å². The second-order valence-electron chi connectivity index (χ2n) is 9.18. The lowest BCUT2D eigenvalue weighted by Crippen LogP contribution is -2.39. The highest BCUT2D eigenvalue weighted by Crippen LogP contribution is 2.33. The van der Waals surface area contributed by atoms with E-state index >= 15 is 0 Å². The average molecular weight is 536 g/mol. The van der Waals surface area contributed by atoms with Gasteiger partial charge in [-0.15, -0.1) is 0 Å². The van der Waals surface area contributed by atoms with Crippen LogP contribution in [0.4, 0.5) is 20.6 Å². The fourth-order valence-electron chi connectivity index (χ4n) is 4.51. The van der Waals surface area contributed by atoms with Gasteiger partial charge >= 0.3 is 6.03 Å². The van der Waals surface area contributed by atoms with E-state index in [1.54, 1.807) is 19.3 Å². The molecule has 2 atom stereocenters. The van der Waals surface area contributed by atoms with Crippen LogP contribution in [0.5, 0.6) is 0 Å². The molecule has 1 aliphatic carbocycles. The Bertz CT molecular complexity index is 1040. The molecule has 0 saturated carbocycles. The van der Waals surface area contributed by atoms with Crippen molar-refractivity contribution in [3.05, 3.63) is 58.9 Å². The maximum atomic E-state index is 14.1. The van der Waals surface area contributed by atoms with Crippen molar-refractivity contribution in [1.82, 2.24) is 5.32 Å². The first-order valence-electron chi connectivity index (χ1n) is 12.3. The molecular formula is C27H35ClFN3O5. The minimum atomic E-state index is -0.663. The van der Waals surface area contributed by atoms with Crippen LogP contribution in [-0.4, -0.2) is 69.6 Å². The van der Waals surface area contributed by atoms with Crippen LogP contribution in [0, 0.1) is 0 Å². The van der Waals surface area contributed by atoms with Gasteiger partial charge in [0.2, 0.25) is 0 Å². The van der Waals surface area contributed by atoms with E-state index < -0.39 is 24.5 Å². The Morgan fingerprint density at radius 3 is 2.78 bits per heavy atom. The molecule has 0 aromatic heterocycles. The summed E-state index contributed by atoms with van der Waals surface area (Å²) >= 11 is 5.94. The summed E-state index contributed by atoms with van der Waals surface area (Å²) in [4.78, 5) is 27.1. The van der Waals surface area contributed by atoms with Crippen LogP contribution in [0.3, 0.4) is 0 Å². The minimum Gasteiger partial charge on any atom is -0.389 e. The number of halogens is 2. The molecule has 1 aromatic carbocycles. The van der Waals surface area contributed by atoms with E-state index in [0.29, 0.717) is 30.4 Å². The number of aliphatic hydroxyl groups is 1. The first-order chi connectivity index (χ1) is 17.8. The molecule has 202 valence electrons. The Kier molecular flexibility index (Phi) is 11.1. The number of nitrogens with one attached hydrogen (secondary N) is 2. The molecule has 10 heteroatoms. The molecule has 0 spiro atoms. The predicted octanol–water partition coefficient (Wildman–Crippen LogP) is 4.41. The summed E-state index contributed by atoms with van der Waals surface area (Å²) in [6.07, 6.45) is 8.14. The summed E-state index contributed by atoms with van der Waals surface area (Å²) < 4.78 is 25.0. The Hall–Kier alpha value is -2.72. The monoisotopic (exact) mass is 535 g/mol. The summed E-state index contributed by atoms with van der Waals surface area (Å²) in [6.45, 7) is 1.07. The zero-order valence-electron chi connectivity index (χ0n) is 21.2. The van der Waals surface area contributed by atoms with Crippen molar-refractivity contribution in [1.29, 1.82) is 0 Å². The number of carbonyl (C=O) groups is 2. The van der Waals surface area contributed by atoms with Crippen LogP contribution in [0.15, 0.2) is 53.4 Å². The summed E-state index contributed by atoms with van der Waals surface area (Å²) in [6, 6.07) is 4.71. The number of ketones is 1. The van der Waals surface area contributed by atoms with Crippen LogP contribution < -0.4 is 15.5 Å². The molecule has 0 radical (unpaired) electrons. The van der Waals surface area contributed by atoms with E-state index in [2.05, 4.69) is 15.5 Å². The van der Waals surface area contributed by atoms with Crippen LogP contribution >= 0.6 is 11.6 Å². The highest BCUT2D eigenvalue weighted by atomic mass is 35.5. The third-order valence-electron chi connectivity index (χ3n) is 6.46. The Morgan fingerprint density at radius 2 is 2.08 bits per heavy atom. The molecule has 2 unspecified atom stereocenters. The molecule has 1 aromatic rings. The number of methoxy groups -OCH3 is 1. The third kappa shape index (κ3) is 8.67. The van der Waals surface area contributed by atoms with Crippen LogP contribution in [0.1, 0.15) is 37.2 Å². The topological polar surface area (TPSA) is 100 Å². The number of aliphatic hydroxyl groups excluding tert-OH is 1. The van der Waals surface area contributed by atoms with Gasteiger partial charge in [0.15, 0.2) is 5.78 Å². The highest BCUT2D eigenvalue weighted by Gasteiger charge is 2.24. The number of hydrogen-bond donors (Lipinski definition) is 3. The van der Waals surface area contributed by atoms with E-state index in [-0.39, 0.29) is 30.8 Å². The number of carbonyl (C=O) groups excluding carboxylic acids is 2. The first-order valence-corrected chi connectivity index (χ1v) is 12.7. The van der Waals surface area contributed by atoms with Crippen LogP contribution in [0.2, 0.25) is 0 Å². The number of allylic oxidation sites excluding steroid dienone is 4. The van der Waals surface area contributed by atoms with Gasteiger partial charge in [-0.05, 0) is 42.7 Å².